The summed E-state index contributed by atoms with van der Waals surface area (Å²) < 4.78 is 5.30. The van der Waals surface area contributed by atoms with E-state index in [-0.39, 0.29) is 0 Å². The van der Waals surface area contributed by atoms with Crippen molar-refractivity contribution in [3.05, 3.63) is 47.6 Å². The summed E-state index contributed by atoms with van der Waals surface area (Å²) in [7, 11) is 0. The van der Waals surface area contributed by atoms with E-state index in [4.69, 9.17) is 10.3 Å². The Morgan fingerprint density at radius 3 is 2.67 bits per heavy atom. The van der Waals surface area contributed by atoms with Crippen molar-refractivity contribution < 1.29 is 4.52 Å². The van der Waals surface area contributed by atoms with Crippen LogP contribution in [0.2, 0.25) is 0 Å². The Kier molecular flexibility index (Phi) is 6.37. The first-order chi connectivity index (χ1) is 10.3. The predicted molar refractivity (Wildman–Crippen MR) is 82.8 cm³/mol. The van der Waals surface area contributed by atoms with Crippen molar-refractivity contribution in [2.75, 3.05) is 19.6 Å². The number of rotatable bonds is 9. The zero-order chi connectivity index (χ0) is 14.9. The van der Waals surface area contributed by atoms with E-state index in [9.17, 15) is 0 Å². The molecule has 0 amide bonds. The highest BCUT2D eigenvalue weighted by molar-refractivity contribution is 5.14. The van der Waals surface area contributed by atoms with E-state index < -0.39 is 0 Å². The fourth-order valence-corrected chi connectivity index (χ4v) is 2.26. The lowest BCUT2D eigenvalue weighted by Crippen LogP contribution is -2.31. The molecule has 0 aliphatic heterocycles. The van der Waals surface area contributed by atoms with E-state index in [1.807, 2.05) is 6.07 Å². The Labute approximate surface area is 126 Å². The van der Waals surface area contributed by atoms with Gasteiger partial charge >= 0.3 is 0 Å². The van der Waals surface area contributed by atoms with Gasteiger partial charge in [0.2, 0.25) is 5.89 Å². The summed E-state index contributed by atoms with van der Waals surface area (Å²) in [6.07, 6.45) is 2.89. The van der Waals surface area contributed by atoms with Crippen molar-refractivity contribution in [3.63, 3.8) is 0 Å². The number of hydrogen-bond donors (Lipinski definition) is 1. The molecular weight excluding hydrogens is 264 g/mol. The molecule has 1 aromatic carbocycles. The van der Waals surface area contributed by atoms with E-state index in [1.54, 1.807) is 0 Å². The second-order valence-corrected chi connectivity index (χ2v) is 5.15. The van der Waals surface area contributed by atoms with E-state index in [0.717, 1.165) is 38.2 Å². The van der Waals surface area contributed by atoms with Crippen LogP contribution in [-0.4, -0.2) is 34.7 Å². The van der Waals surface area contributed by atoms with Crippen LogP contribution in [0.4, 0.5) is 0 Å². The van der Waals surface area contributed by atoms with Crippen LogP contribution in [0.15, 0.2) is 34.9 Å². The average molecular weight is 288 g/mol. The van der Waals surface area contributed by atoms with Gasteiger partial charge in [-0.25, -0.2) is 0 Å². The molecule has 1 aromatic heterocycles. The Hall–Kier alpha value is -1.72. The van der Waals surface area contributed by atoms with Crippen LogP contribution in [0.25, 0.3) is 0 Å². The first-order valence-corrected chi connectivity index (χ1v) is 7.59. The molecule has 0 radical (unpaired) electrons. The molecule has 0 saturated heterocycles. The van der Waals surface area contributed by atoms with Crippen LogP contribution in [0.1, 0.15) is 30.6 Å². The van der Waals surface area contributed by atoms with Crippen molar-refractivity contribution in [3.8, 4) is 0 Å². The minimum Gasteiger partial charge on any atom is -0.338 e. The molecule has 0 fully saturated rings. The molecule has 1 heterocycles. The standard InChI is InChI=1S/C16H24N4O/c1-2-6-15-18-16(21-19-15)13-20(12-10-17)11-9-14-7-4-3-5-8-14/h3-5,7-8H,2,6,9-13,17H2,1H3. The van der Waals surface area contributed by atoms with Crippen LogP contribution < -0.4 is 5.73 Å². The number of aromatic nitrogens is 2. The van der Waals surface area contributed by atoms with Crippen molar-refractivity contribution in [1.82, 2.24) is 15.0 Å². The fourth-order valence-electron chi connectivity index (χ4n) is 2.26. The number of nitrogens with two attached hydrogens (primary N) is 1. The fraction of sp³-hybridized carbons (Fsp3) is 0.500. The van der Waals surface area contributed by atoms with E-state index in [0.29, 0.717) is 19.0 Å². The van der Waals surface area contributed by atoms with Crippen molar-refractivity contribution in [2.45, 2.75) is 32.7 Å². The summed E-state index contributed by atoms with van der Waals surface area (Å²) in [5, 5.41) is 3.99. The molecule has 0 bridgehead atoms. The molecule has 2 aromatic rings. The molecule has 21 heavy (non-hydrogen) atoms. The molecule has 5 nitrogen and oxygen atoms in total. The van der Waals surface area contributed by atoms with Crippen molar-refractivity contribution in [1.29, 1.82) is 0 Å². The minimum absolute atomic E-state index is 0.630. The summed E-state index contributed by atoms with van der Waals surface area (Å²) in [5.41, 5.74) is 7.03. The minimum atomic E-state index is 0.630. The molecule has 0 aliphatic carbocycles. The topological polar surface area (TPSA) is 68.2 Å². The summed E-state index contributed by atoms with van der Waals surface area (Å²) in [6, 6.07) is 10.5. The van der Waals surface area contributed by atoms with Crippen LogP contribution in [0, 0.1) is 0 Å². The van der Waals surface area contributed by atoms with Gasteiger partial charge in [0.1, 0.15) is 0 Å². The highest BCUT2D eigenvalue weighted by Crippen LogP contribution is 2.06. The normalized spacial score (nSPS) is 11.2. The lowest BCUT2D eigenvalue weighted by atomic mass is 10.1. The van der Waals surface area contributed by atoms with Gasteiger partial charge in [-0.3, -0.25) is 4.90 Å². The van der Waals surface area contributed by atoms with Crippen molar-refractivity contribution >= 4 is 0 Å². The first-order valence-electron chi connectivity index (χ1n) is 7.59. The SMILES string of the molecule is CCCc1noc(CN(CCN)CCc2ccccc2)n1. The average Bonchev–Trinajstić information content (AvgIpc) is 2.94. The van der Waals surface area contributed by atoms with Gasteiger partial charge in [-0.1, -0.05) is 42.4 Å². The lowest BCUT2D eigenvalue weighted by Gasteiger charge is -2.19. The summed E-state index contributed by atoms with van der Waals surface area (Å²) >= 11 is 0. The van der Waals surface area contributed by atoms with Gasteiger partial charge in [0, 0.05) is 26.1 Å². The second-order valence-electron chi connectivity index (χ2n) is 5.15. The Balaban J connectivity index is 1.88. The van der Waals surface area contributed by atoms with E-state index >= 15 is 0 Å². The number of hydrogen-bond acceptors (Lipinski definition) is 5. The molecule has 0 unspecified atom stereocenters. The maximum atomic E-state index is 5.70. The first kappa shape index (κ1) is 15.7. The predicted octanol–water partition coefficient (Wildman–Crippen LogP) is 2.03. The molecule has 114 valence electrons. The van der Waals surface area contributed by atoms with Crippen LogP contribution in [0.3, 0.4) is 0 Å². The molecule has 0 saturated carbocycles. The largest absolute Gasteiger partial charge is 0.338 e. The van der Waals surface area contributed by atoms with Crippen molar-refractivity contribution in [2.24, 2.45) is 5.73 Å². The summed E-state index contributed by atoms with van der Waals surface area (Å²) in [4.78, 5) is 6.68. The van der Waals surface area contributed by atoms with Crippen LogP contribution >= 0.6 is 0 Å². The third kappa shape index (κ3) is 5.28. The monoisotopic (exact) mass is 288 g/mol. The molecule has 0 spiro atoms. The molecular formula is C16H24N4O. The van der Waals surface area contributed by atoms with Gasteiger partial charge in [0.25, 0.3) is 0 Å². The smallest absolute Gasteiger partial charge is 0.240 e. The molecule has 2 rings (SSSR count). The number of benzene rings is 1. The van der Waals surface area contributed by atoms with Crippen LogP contribution in [-0.2, 0) is 19.4 Å². The zero-order valence-electron chi connectivity index (χ0n) is 12.7. The maximum absolute atomic E-state index is 5.70. The van der Waals surface area contributed by atoms with Crippen LogP contribution in [0.5, 0.6) is 0 Å². The highest BCUT2D eigenvalue weighted by atomic mass is 16.5. The third-order valence-electron chi connectivity index (χ3n) is 3.35. The van der Waals surface area contributed by atoms with Gasteiger partial charge in [0.15, 0.2) is 5.82 Å². The van der Waals surface area contributed by atoms with E-state index in [2.05, 4.69) is 46.2 Å². The highest BCUT2D eigenvalue weighted by Gasteiger charge is 2.11. The zero-order valence-corrected chi connectivity index (χ0v) is 12.7. The van der Waals surface area contributed by atoms with Gasteiger partial charge in [0.05, 0.1) is 6.54 Å². The van der Waals surface area contributed by atoms with Gasteiger partial charge in [-0.05, 0) is 18.4 Å². The Morgan fingerprint density at radius 2 is 1.95 bits per heavy atom. The number of nitrogens with zero attached hydrogens (tertiary/aromatic N) is 3. The third-order valence-corrected chi connectivity index (χ3v) is 3.35. The maximum Gasteiger partial charge on any atom is 0.240 e. The summed E-state index contributed by atoms with van der Waals surface area (Å²) in [5.74, 6) is 1.48. The summed E-state index contributed by atoms with van der Waals surface area (Å²) in [6.45, 7) is 5.17. The Morgan fingerprint density at radius 1 is 1.14 bits per heavy atom. The van der Waals surface area contributed by atoms with Gasteiger partial charge in [-0.15, -0.1) is 0 Å². The second kappa shape index (κ2) is 8.54. The molecule has 5 heteroatoms. The Bertz CT molecular complexity index is 512. The molecule has 0 atom stereocenters. The number of aryl methyl sites for hydroxylation is 1. The quantitative estimate of drug-likeness (QED) is 0.764. The molecule has 2 N–H and O–H groups in total. The van der Waals surface area contributed by atoms with E-state index in [1.165, 1.54) is 5.56 Å². The van der Waals surface area contributed by atoms with Gasteiger partial charge in [-0.2, -0.15) is 4.98 Å². The lowest BCUT2D eigenvalue weighted by molar-refractivity contribution is 0.233. The molecule has 0 aliphatic rings. The van der Waals surface area contributed by atoms with Gasteiger partial charge < -0.3 is 10.3 Å².